The fourth-order valence-corrected chi connectivity index (χ4v) is 1.25. The molecule has 0 aromatic heterocycles. The van der Waals surface area contributed by atoms with Crippen LogP contribution >= 0.6 is 0 Å². The third kappa shape index (κ3) is 2.20. The zero-order valence-corrected chi connectivity index (χ0v) is 6.99. The molecule has 3 nitrogen and oxygen atoms in total. The summed E-state index contributed by atoms with van der Waals surface area (Å²) < 4.78 is 0. The highest BCUT2D eigenvalue weighted by Crippen LogP contribution is 2.09. The molecule has 0 unspecified atom stereocenters. The van der Waals surface area contributed by atoms with Gasteiger partial charge in [0.05, 0.1) is 0 Å². The summed E-state index contributed by atoms with van der Waals surface area (Å²) in [5, 5.41) is 8.65. The molecule has 1 aliphatic rings. The molecule has 0 saturated carbocycles. The third-order valence-corrected chi connectivity index (χ3v) is 1.96. The van der Waals surface area contributed by atoms with Crippen LogP contribution in [0, 0.1) is 0 Å². The molecule has 0 aromatic rings. The Labute approximate surface area is 72.0 Å². The summed E-state index contributed by atoms with van der Waals surface area (Å²) in [4.78, 5) is 12.7. The number of hydrogen-bond acceptors (Lipinski definition) is 2. The van der Waals surface area contributed by atoms with Gasteiger partial charge < -0.3 is 5.11 Å². The third-order valence-electron chi connectivity index (χ3n) is 1.96. The quantitative estimate of drug-likeness (QED) is 0.634. The molecule has 0 saturated heterocycles. The van der Waals surface area contributed by atoms with E-state index in [1.807, 2.05) is 6.08 Å². The summed E-state index contributed by atoms with van der Waals surface area (Å²) in [7, 11) is 0. The Morgan fingerprint density at radius 3 is 3.00 bits per heavy atom. The van der Waals surface area contributed by atoms with Gasteiger partial charge in [-0.1, -0.05) is 12.2 Å². The van der Waals surface area contributed by atoms with E-state index in [9.17, 15) is 4.79 Å². The van der Waals surface area contributed by atoms with E-state index in [0.29, 0.717) is 12.0 Å². The van der Waals surface area contributed by atoms with Crippen LogP contribution in [0.2, 0.25) is 0 Å². The summed E-state index contributed by atoms with van der Waals surface area (Å²) in [6.07, 6.45) is 4.25. The zero-order valence-electron chi connectivity index (χ0n) is 6.99. The van der Waals surface area contributed by atoms with E-state index in [0.717, 1.165) is 19.6 Å². The maximum Gasteiger partial charge on any atom is 0.331 e. The predicted octanol–water partition coefficient (Wildman–Crippen LogP) is 0.889. The molecule has 0 aliphatic carbocycles. The van der Waals surface area contributed by atoms with Gasteiger partial charge in [-0.25, -0.2) is 4.79 Å². The van der Waals surface area contributed by atoms with E-state index in [1.165, 1.54) is 0 Å². The lowest BCUT2D eigenvalue weighted by atomic mass is 10.1. The molecule has 12 heavy (non-hydrogen) atoms. The molecule has 0 spiro atoms. The van der Waals surface area contributed by atoms with Crippen LogP contribution in [0.15, 0.2) is 24.3 Å². The van der Waals surface area contributed by atoms with E-state index < -0.39 is 5.97 Å². The van der Waals surface area contributed by atoms with Crippen molar-refractivity contribution in [2.45, 2.75) is 6.42 Å². The minimum atomic E-state index is -0.784. The SMILES string of the molecule is C=CCN1CC=C(C(=O)O)CC1. The standard InChI is InChI=1S/C9H13NO2/c1-2-5-10-6-3-8(4-7-10)9(11)12/h2-3H,1,4-7H2,(H,11,12). The van der Waals surface area contributed by atoms with Gasteiger partial charge in [-0.3, -0.25) is 4.90 Å². The monoisotopic (exact) mass is 167 g/mol. The fourth-order valence-electron chi connectivity index (χ4n) is 1.25. The van der Waals surface area contributed by atoms with Gasteiger partial charge in [0.2, 0.25) is 0 Å². The van der Waals surface area contributed by atoms with E-state index in [4.69, 9.17) is 5.11 Å². The largest absolute Gasteiger partial charge is 0.478 e. The van der Waals surface area contributed by atoms with Crippen molar-refractivity contribution in [3.8, 4) is 0 Å². The van der Waals surface area contributed by atoms with Gasteiger partial charge in [0, 0.05) is 25.2 Å². The Hall–Kier alpha value is -1.09. The Balaban J connectivity index is 2.47. The van der Waals surface area contributed by atoms with Crippen molar-refractivity contribution in [3.05, 3.63) is 24.3 Å². The Morgan fingerprint density at radius 2 is 2.58 bits per heavy atom. The van der Waals surface area contributed by atoms with Crippen molar-refractivity contribution >= 4 is 5.97 Å². The first-order valence-corrected chi connectivity index (χ1v) is 3.99. The van der Waals surface area contributed by atoms with Crippen molar-refractivity contribution in [3.63, 3.8) is 0 Å². The second kappa shape index (κ2) is 4.07. The van der Waals surface area contributed by atoms with Gasteiger partial charge in [-0.2, -0.15) is 0 Å². The summed E-state index contributed by atoms with van der Waals surface area (Å²) in [6.45, 7) is 6.02. The molecule has 1 aliphatic heterocycles. The first-order valence-electron chi connectivity index (χ1n) is 3.99. The van der Waals surface area contributed by atoms with Crippen molar-refractivity contribution < 1.29 is 9.90 Å². The Morgan fingerprint density at radius 1 is 1.83 bits per heavy atom. The van der Waals surface area contributed by atoms with Crippen LogP contribution in [-0.4, -0.2) is 35.6 Å². The second-order valence-corrected chi connectivity index (χ2v) is 2.83. The second-order valence-electron chi connectivity index (χ2n) is 2.83. The normalized spacial score (nSPS) is 18.5. The number of nitrogens with zero attached hydrogens (tertiary/aromatic N) is 1. The fraction of sp³-hybridized carbons (Fsp3) is 0.444. The number of rotatable bonds is 3. The average molecular weight is 167 g/mol. The van der Waals surface area contributed by atoms with Gasteiger partial charge in [0.15, 0.2) is 0 Å². The minimum absolute atomic E-state index is 0.537. The van der Waals surface area contributed by atoms with Crippen molar-refractivity contribution in [2.75, 3.05) is 19.6 Å². The summed E-state index contributed by atoms with van der Waals surface area (Å²) in [5.41, 5.74) is 0.537. The molecule has 0 radical (unpaired) electrons. The summed E-state index contributed by atoms with van der Waals surface area (Å²) in [6, 6.07) is 0. The molecule has 1 heterocycles. The van der Waals surface area contributed by atoms with Gasteiger partial charge in [-0.15, -0.1) is 6.58 Å². The molecule has 0 aromatic carbocycles. The number of carboxylic acid groups (broad SMARTS) is 1. The van der Waals surface area contributed by atoms with Crippen LogP contribution in [0.5, 0.6) is 0 Å². The van der Waals surface area contributed by atoms with Crippen molar-refractivity contribution in [1.29, 1.82) is 0 Å². The number of carboxylic acids is 1. The average Bonchev–Trinajstić information content (AvgIpc) is 2.06. The molecule has 0 amide bonds. The van der Waals surface area contributed by atoms with Gasteiger partial charge in [0.25, 0.3) is 0 Å². The summed E-state index contributed by atoms with van der Waals surface area (Å²) >= 11 is 0. The van der Waals surface area contributed by atoms with Crippen molar-refractivity contribution in [1.82, 2.24) is 4.90 Å². The van der Waals surface area contributed by atoms with Gasteiger partial charge in [0.1, 0.15) is 0 Å². The Kier molecular flexibility index (Phi) is 3.05. The maximum atomic E-state index is 10.5. The van der Waals surface area contributed by atoms with Crippen LogP contribution in [0.25, 0.3) is 0 Å². The first kappa shape index (κ1) is 9.00. The number of hydrogen-bond donors (Lipinski definition) is 1. The van der Waals surface area contributed by atoms with E-state index >= 15 is 0 Å². The smallest absolute Gasteiger partial charge is 0.331 e. The molecule has 3 heteroatoms. The molecule has 0 fully saturated rings. The van der Waals surface area contributed by atoms with E-state index in [-0.39, 0.29) is 0 Å². The van der Waals surface area contributed by atoms with Crippen molar-refractivity contribution in [2.24, 2.45) is 0 Å². The Bertz CT molecular complexity index is 221. The molecular formula is C9H13NO2. The van der Waals surface area contributed by atoms with Gasteiger partial charge >= 0.3 is 5.97 Å². The predicted molar refractivity (Wildman–Crippen MR) is 47.0 cm³/mol. The van der Waals surface area contributed by atoms with Gasteiger partial charge in [-0.05, 0) is 6.42 Å². The van der Waals surface area contributed by atoms with Crippen LogP contribution < -0.4 is 0 Å². The highest BCUT2D eigenvalue weighted by molar-refractivity contribution is 5.86. The molecule has 0 atom stereocenters. The topological polar surface area (TPSA) is 40.5 Å². The van der Waals surface area contributed by atoms with Crippen LogP contribution in [0.4, 0.5) is 0 Å². The van der Waals surface area contributed by atoms with E-state index in [1.54, 1.807) is 6.08 Å². The maximum absolute atomic E-state index is 10.5. The van der Waals surface area contributed by atoms with Crippen LogP contribution in [0.3, 0.4) is 0 Å². The molecular weight excluding hydrogens is 154 g/mol. The highest BCUT2D eigenvalue weighted by Gasteiger charge is 2.14. The number of aliphatic carboxylic acids is 1. The summed E-state index contributed by atoms with van der Waals surface area (Å²) in [5.74, 6) is -0.784. The molecule has 1 rings (SSSR count). The highest BCUT2D eigenvalue weighted by atomic mass is 16.4. The van der Waals surface area contributed by atoms with E-state index in [2.05, 4.69) is 11.5 Å². The van der Waals surface area contributed by atoms with Crippen LogP contribution in [0.1, 0.15) is 6.42 Å². The minimum Gasteiger partial charge on any atom is -0.478 e. The lowest BCUT2D eigenvalue weighted by molar-refractivity contribution is -0.133. The number of carbonyl (C=O) groups is 1. The molecule has 66 valence electrons. The first-order chi connectivity index (χ1) is 5.74. The molecule has 1 N–H and O–H groups in total. The lowest BCUT2D eigenvalue weighted by Gasteiger charge is -2.23. The van der Waals surface area contributed by atoms with Crippen LogP contribution in [-0.2, 0) is 4.79 Å². The lowest BCUT2D eigenvalue weighted by Crippen LogP contribution is -2.30. The molecule has 0 bridgehead atoms. The zero-order chi connectivity index (χ0) is 8.97.